The van der Waals surface area contributed by atoms with E-state index in [2.05, 4.69) is 20.3 Å². The summed E-state index contributed by atoms with van der Waals surface area (Å²) in [6.45, 7) is 4.00. The van der Waals surface area contributed by atoms with Crippen LogP contribution in [0.5, 0.6) is 11.5 Å². The van der Waals surface area contributed by atoms with Crippen molar-refractivity contribution in [2.45, 2.75) is 38.5 Å². The number of nitrogens with one attached hydrogen (secondary N) is 1. The molecule has 194 valence electrons. The lowest BCUT2D eigenvalue weighted by Gasteiger charge is -2.31. The van der Waals surface area contributed by atoms with Crippen molar-refractivity contribution in [3.8, 4) is 11.5 Å². The molecule has 5 rings (SSSR count). The molecule has 0 saturated carbocycles. The number of ether oxygens (including phenoxy) is 2. The average Bonchev–Trinajstić information content (AvgIpc) is 3.50. The highest BCUT2D eigenvalue weighted by Gasteiger charge is 2.19. The second-order valence-electron chi connectivity index (χ2n) is 9.15. The van der Waals surface area contributed by atoms with E-state index in [1.165, 1.54) is 49.9 Å². The monoisotopic (exact) mass is 520 g/mol. The van der Waals surface area contributed by atoms with Gasteiger partial charge in [0.1, 0.15) is 10.7 Å². The summed E-state index contributed by atoms with van der Waals surface area (Å²) >= 11 is 1.33. The van der Waals surface area contributed by atoms with Crippen molar-refractivity contribution in [2.75, 3.05) is 48.5 Å². The summed E-state index contributed by atoms with van der Waals surface area (Å²) in [6, 6.07) is 10.8. The molecule has 2 aromatic heterocycles. The standard InChI is InChI=1S/C27H32N6O3S/c1-35-22-17-20(10-11-21(22)36-26(34)23-9-8-16-37-23)19-28-31-24-18-25(32-12-4-2-5-13-32)30-27(29-24)33-14-6-3-7-15-33/h8-11,16-19H,2-7,12-15H2,1H3,(H,29,30,31)/b28-19+. The van der Waals surface area contributed by atoms with Crippen molar-refractivity contribution in [1.29, 1.82) is 0 Å². The minimum absolute atomic E-state index is 0.360. The van der Waals surface area contributed by atoms with Gasteiger partial charge in [0, 0.05) is 32.2 Å². The Morgan fingerprint density at radius 1 is 0.973 bits per heavy atom. The Kier molecular flexibility index (Phi) is 8.15. The number of benzene rings is 1. The van der Waals surface area contributed by atoms with Gasteiger partial charge in [-0.15, -0.1) is 11.3 Å². The number of esters is 1. The minimum Gasteiger partial charge on any atom is -0.493 e. The van der Waals surface area contributed by atoms with Crippen LogP contribution in [-0.2, 0) is 0 Å². The highest BCUT2D eigenvalue weighted by atomic mass is 32.1. The number of aromatic nitrogens is 2. The van der Waals surface area contributed by atoms with Crippen molar-refractivity contribution in [3.63, 3.8) is 0 Å². The van der Waals surface area contributed by atoms with E-state index in [1.54, 1.807) is 31.5 Å². The zero-order valence-corrected chi connectivity index (χ0v) is 21.9. The van der Waals surface area contributed by atoms with Gasteiger partial charge in [-0.1, -0.05) is 6.07 Å². The van der Waals surface area contributed by atoms with Gasteiger partial charge in [0.05, 0.1) is 13.3 Å². The van der Waals surface area contributed by atoms with E-state index in [0.29, 0.717) is 22.2 Å². The second kappa shape index (κ2) is 12.1. The van der Waals surface area contributed by atoms with Crippen molar-refractivity contribution in [3.05, 3.63) is 52.2 Å². The number of rotatable bonds is 8. The van der Waals surface area contributed by atoms with Gasteiger partial charge in [-0.3, -0.25) is 5.43 Å². The molecule has 0 unspecified atom stereocenters. The summed E-state index contributed by atoms with van der Waals surface area (Å²) in [4.78, 5) is 27.2. The van der Waals surface area contributed by atoms with Gasteiger partial charge >= 0.3 is 5.97 Å². The summed E-state index contributed by atoms with van der Waals surface area (Å²) in [5, 5.41) is 6.26. The number of carbonyl (C=O) groups excluding carboxylic acids is 1. The normalized spacial score (nSPS) is 16.1. The van der Waals surface area contributed by atoms with E-state index in [-0.39, 0.29) is 0 Å². The first-order valence-corrected chi connectivity index (χ1v) is 13.7. The molecule has 0 aliphatic carbocycles. The lowest BCUT2D eigenvalue weighted by Crippen LogP contribution is -2.33. The molecule has 37 heavy (non-hydrogen) atoms. The lowest BCUT2D eigenvalue weighted by molar-refractivity contribution is 0.0735. The van der Waals surface area contributed by atoms with Crippen LogP contribution < -0.4 is 24.7 Å². The first kappa shape index (κ1) is 25.0. The summed E-state index contributed by atoms with van der Waals surface area (Å²) in [5.41, 5.74) is 3.89. The number of hydrazone groups is 1. The van der Waals surface area contributed by atoms with Crippen molar-refractivity contribution in [1.82, 2.24) is 9.97 Å². The molecule has 2 fully saturated rings. The quantitative estimate of drug-likeness (QED) is 0.188. The number of methoxy groups -OCH3 is 1. The maximum atomic E-state index is 12.3. The molecule has 2 aliphatic rings. The molecule has 2 saturated heterocycles. The Bertz CT molecular complexity index is 1180. The number of piperidine rings is 2. The minimum atomic E-state index is -0.408. The third-order valence-corrected chi connectivity index (χ3v) is 7.38. The first-order chi connectivity index (χ1) is 18.2. The van der Waals surface area contributed by atoms with E-state index < -0.39 is 5.97 Å². The van der Waals surface area contributed by atoms with E-state index in [4.69, 9.17) is 19.4 Å². The smallest absolute Gasteiger partial charge is 0.353 e. The summed E-state index contributed by atoms with van der Waals surface area (Å²) in [5.74, 6) is 2.79. The third-order valence-electron chi connectivity index (χ3n) is 6.53. The lowest BCUT2D eigenvalue weighted by atomic mass is 10.1. The zero-order chi connectivity index (χ0) is 25.5. The van der Waals surface area contributed by atoms with E-state index >= 15 is 0 Å². The predicted molar refractivity (Wildman–Crippen MR) is 148 cm³/mol. The molecular weight excluding hydrogens is 488 g/mol. The molecule has 0 radical (unpaired) electrons. The average molecular weight is 521 g/mol. The van der Waals surface area contributed by atoms with Crippen LogP contribution in [0.15, 0.2) is 46.9 Å². The molecule has 2 aliphatic heterocycles. The predicted octanol–water partition coefficient (Wildman–Crippen LogP) is 5.19. The highest BCUT2D eigenvalue weighted by Crippen LogP contribution is 2.29. The first-order valence-electron chi connectivity index (χ1n) is 12.8. The molecule has 0 bridgehead atoms. The van der Waals surface area contributed by atoms with Crippen molar-refractivity contribution in [2.24, 2.45) is 5.10 Å². The van der Waals surface area contributed by atoms with Crippen LogP contribution in [0.1, 0.15) is 53.8 Å². The van der Waals surface area contributed by atoms with E-state index in [9.17, 15) is 4.79 Å². The summed E-state index contributed by atoms with van der Waals surface area (Å²) in [6.07, 6.45) is 8.92. The van der Waals surface area contributed by atoms with Gasteiger partial charge in [-0.25, -0.2) is 4.79 Å². The Morgan fingerprint density at radius 3 is 2.43 bits per heavy atom. The number of anilines is 3. The van der Waals surface area contributed by atoms with Gasteiger partial charge in [-0.05, 0) is 73.7 Å². The molecule has 1 N–H and O–H groups in total. The van der Waals surface area contributed by atoms with Crippen LogP contribution in [0.25, 0.3) is 0 Å². The number of carbonyl (C=O) groups is 1. The number of hydrogen-bond acceptors (Lipinski definition) is 10. The Hall–Kier alpha value is -3.66. The van der Waals surface area contributed by atoms with Gasteiger partial charge in [0.15, 0.2) is 17.3 Å². The van der Waals surface area contributed by atoms with E-state index in [1.807, 2.05) is 23.6 Å². The molecular formula is C27H32N6O3S. The van der Waals surface area contributed by atoms with E-state index in [0.717, 1.165) is 43.5 Å². The van der Waals surface area contributed by atoms with Gasteiger partial charge in [0.25, 0.3) is 0 Å². The molecule has 0 atom stereocenters. The van der Waals surface area contributed by atoms with Crippen LogP contribution in [0, 0.1) is 0 Å². The van der Waals surface area contributed by atoms with Crippen LogP contribution >= 0.6 is 11.3 Å². The summed E-state index contributed by atoms with van der Waals surface area (Å²) in [7, 11) is 1.54. The maximum Gasteiger partial charge on any atom is 0.353 e. The molecule has 4 heterocycles. The molecule has 9 nitrogen and oxygen atoms in total. The Labute approximate surface area is 221 Å². The Balaban J connectivity index is 1.31. The van der Waals surface area contributed by atoms with Crippen LogP contribution in [0.4, 0.5) is 17.6 Å². The molecule has 10 heteroatoms. The third kappa shape index (κ3) is 6.37. The van der Waals surface area contributed by atoms with Crippen LogP contribution in [0.2, 0.25) is 0 Å². The number of nitrogens with zero attached hydrogens (tertiary/aromatic N) is 5. The van der Waals surface area contributed by atoms with Gasteiger partial charge < -0.3 is 19.3 Å². The van der Waals surface area contributed by atoms with Crippen LogP contribution in [-0.4, -0.2) is 55.4 Å². The highest BCUT2D eigenvalue weighted by molar-refractivity contribution is 7.12. The zero-order valence-electron chi connectivity index (χ0n) is 21.1. The molecule has 0 amide bonds. The maximum absolute atomic E-state index is 12.3. The topological polar surface area (TPSA) is 92.2 Å². The molecule has 1 aromatic carbocycles. The van der Waals surface area contributed by atoms with Crippen molar-refractivity contribution < 1.29 is 14.3 Å². The molecule has 3 aromatic rings. The second-order valence-corrected chi connectivity index (χ2v) is 10.1. The SMILES string of the molecule is COc1cc(/C=N/Nc2cc(N3CCCCC3)nc(N3CCCCC3)n2)ccc1OC(=O)c1cccs1. The molecule has 0 spiro atoms. The fourth-order valence-electron chi connectivity index (χ4n) is 4.57. The Morgan fingerprint density at radius 2 is 1.73 bits per heavy atom. The summed E-state index contributed by atoms with van der Waals surface area (Å²) < 4.78 is 11.0. The fraction of sp³-hybridized carbons (Fsp3) is 0.407. The fourth-order valence-corrected chi connectivity index (χ4v) is 5.17. The van der Waals surface area contributed by atoms with Crippen LogP contribution in [0.3, 0.4) is 0 Å². The van der Waals surface area contributed by atoms with Gasteiger partial charge in [-0.2, -0.15) is 15.1 Å². The van der Waals surface area contributed by atoms with Gasteiger partial charge in [0.2, 0.25) is 5.95 Å². The van der Waals surface area contributed by atoms with Crippen molar-refractivity contribution >= 4 is 41.1 Å². The number of hydrogen-bond donors (Lipinski definition) is 1. The number of thiophene rings is 1. The largest absolute Gasteiger partial charge is 0.493 e.